The Morgan fingerprint density at radius 2 is 0.837 bits per heavy atom. The van der Waals surface area contributed by atoms with E-state index in [1.807, 2.05) is 0 Å². The third-order valence-corrected chi connectivity index (χ3v) is 24.0. The second kappa shape index (κ2) is 60.5. The van der Waals surface area contributed by atoms with Gasteiger partial charge in [-0.3, -0.25) is 102 Å². The first-order valence-electron chi connectivity index (χ1n) is 47.9. The number of fused-ring (bicyclic) bond motifs is 2. The number of benzene rings is 3. The van der Waals surface area contributed by atoms with E-state index in [1.54, 1.807) is 76.2 Å². The molecular formula is C93H139N27O27. The maximum absolute atomic E-state index is 15.3. The van der Waals surface area contributed by atoms with Gasteiger partial charge in [-0.15, -0.1) is 0 Å². The SMILES string of the molecule is CC[C@H](C)[C@H](NC(=O)[C@H](CO)NC(=O)[C@H](CC(C)C)NC(=O)[C@H](CO)NC(=O)[C@H](Cc1ccc(O)cc1)NC(=O)[C@@H](NC(=O)[C@H](CO)NC(=O)[C@H](CCCNC(=N)N)NC(=O)[C@H](Cc1c[nH]c2ccccc12)NC(=O)[C@H](CCC(N)=O)NC(=O)[C@H](CO)NC(=O)[C@H](Cc1c[nH]c2ccccc12)NC(=O)[C@H](CCCNC(=N)N)NC(=O)[C@H](CC(=O)O)NC(=O)[C@@H]1CCCN1C(=O)[C@@H](N)CCCCN)[C@@H](C)O)C(=O)NCC(=O)O. The molecule has 17 amide bonds. The van der Waals surface area contributed by atoms with Crippen molar-refractivity contribution < 1.29 is 132 Å². The van der Waals surface area contributed by atoms with Gasteiger partial charge in [0.05, 0.1) is 45.0 Å². The highest BCUT2D eigenvalue weighted by Gasteiger charge is 2.43. The van der Waals surface area contributed by atoms with Crippen LogP contribution in [-0.2, 0) is 110 Å². The Balaban J connectivity index is 1.25. The average Bonchev–Trinajstić information content (AvgIpc) is 1.70. The van der Waals surface area contributed by atoms with E-state index in [9.17, 15) is 112 Å². The van der Waals surface area contributed by atoms with Crippen LogP contribution in [0.1, 0.15) is 141 Å². The number of carboxylic acids is 2. The third kappa shape index (κ3) is 39.0. The number of H-pyrrole nitrogens is 2. The summed E-state index contributed by atoms with van der Waals surface area (Å²) >= 11 is 0. The number of carbonyl (C=O) groups is 19. The molecule has 18 atom stereocenters. The summed E-state index contributed by atoms with van der Waals surface area (Å²) in [6, 6.07) is -9.51. The van der Waals surface area contributed by atoms with Gasteiger partial charge in [0.2, 0.25) is 100 Å². The fourth-order valence-electron chi connectivity index (χ4n) is 15.8. The number of amides is 17. The van der Waals surface area contributed by atoms with Crippen LogP contribution in [0.4, 0.5) is 0 Å². The topological polar surface area (TPSA) is 903 Å². The van der Waals surface area contributed by atoms with Gasteiger partial charge in [-0.25, -0.2) is 0 Å². The number of hydrogen-bond donors (Lipinski definition) is 34. The standard InChI is InChI=1S/C93H139N27O27/c1-6-47(4)74(89(145)105-41-73(130)131)118-86(142)68(44-123)117-79(135)61(34-46(2)3)109-85(141)67(43-122)115-80(136)62(35-49-24-26-52(126)27-25-49)113-90(146)75(48(5)125)119-87(143)69(45-124)114-77(133)59(22-14-32-102-93(99)100)106-81(137)63(36-50-39-103-56-19-9-7-16-53(50)56)111-78(134)60(28-29-71(96)127)108-84(140)66(42-121)116-82(138)64(37-51-40-104-57-20-10-8-17-54(51)57)110-76(132)58(21-13-31-101-92(97)98)107-83(139)65(38-72(128)129)112-88(144)70-23-15-33-120(70)91(147)55(95)18-11-12-30-94/h7-10,16-17,19-20,24-27,39-40,46-48,55,58-70,74-75,103-104,121-126H,6,11-15,18,21-23,28-38,41-45,94-95H2,1-5H3,(H2,96,127)(H,105,145)(H,106,137)(H,107,139)(H,108,140)(H,109,141)(H,110,132)(H,111,134)(H,112,144)(H,113,146)(H,114,133)(H,115,136)(H,116,138)(H,117,135)(H,118,142)(H,119,143)(H,128,129)(H,130,131)(H4,97,98,101)(H4,99,100,102)/t47-,48+,55-,58-,59-,60-,61-,62-,63-,64-,65-,66-,67-,68-,69-,70-,74-,75-/m0/s1. The van der Waals surface area contributed by atoms with Crippen molar-refractivity contribution in [1.82, 2.24) is 105 Å². The molecule has 6 rings (SSSR count). The largest absolute Gasteiger partial charge is 0.508 e. The molecule has 0 saturated carbocycles. The number of phenolic OH excluding ortho intramolecular Hbond substituents is 1. The van der Waals surface area contributed by atoms with Crippen molar-refractivity contribution in [3.05, 3.63) is 102 Å². The molecule has 808 valence electrons. The summed E-state index contributed by atoms with van der Waals surface area (Å²) in [4.78, 5) is 274. The van der Waals surface area contributed by atoms with Gasteiger partial charge in [0.1, 0.15) is 103 Å². The van der Waals surface area contributed by atoms with Crippen molar-refractivity contribution in [3.8, 4) is 5.75 Å². The molecule has 39 N–H and O–H groups in total. The molecular weight excluding hydrogens is 1930 g/mol. The molecule has 3 heterocycles. The molecule has 147 heavy (non-hydrogen) atoms. The highest BCUT2D eigenvalue weighted by molar-refractivity contribution is 6.03. The van der Waals surface area contributed by atoms with Crippen LogP contribution in [0.3, 0.4) is 0 Å². The summed E-state index contributed by atoms with van der Waals surface area (Å²) in [5.41, 5.74) is 30.6. The number of nitrogens with one attached hydrogen (secondary N) is 21. The first-order chi connectivity index (χ1) is 69.7. The second-order valence-corrected chi connectivity index (χ2v) is 36.0. The number of hydrogen-bond acceptors (Lipinski definition) is 29. The van der Waals surface area contributed by atoms with Crippen molar-refractivity contribution in [1.29, 1.82) is 10.8 Å². The summed E-state index contributed by atoms with van der Waals surface area (Å²) in [5, 5.41) is 141. The smallest absolute Gasteiger partial charge is 0.322 e. The first-order valence-corrected chi connectivity index (χ1v) is 47.9. The van der Waals surface area contributed by atoms with Gasteiger partial charge in [-0.1, -0.05) is 89.1 Å². The molecule has 1 aliphatic rings. The number of carboxylic acid groups (broad SMARTS) is 2. The van der Waals surface area contributed by atoms with Crippen LogP contribution >= 0.6 is 0 Å². The van der Waals surface area contributed by atoms with E-state index in [2.05, 4.69) is 100 Å². The number of aliphatic hydroxyl groups excluding tert-OH is 5. The Kier molecular flexibility index (Phi) is 49.5. The van der Waals surface area contributed by atoms with Crippen LogP contribution in [0.5, 0.6) is 5.75 Å². The van der Waals surface area contributed by atoms with E-state index in [4.69, 9.17) is 44.6 Å². The molecule has 0 radical (unpaired) electrons. The van der Waals surface area contributed by atoms with Crippen molar-refractivity contribution in [3.63, 3.8) is 0 Å². The number of aromatic nitrogens is 2. The van der Waals surface area contributed by atoms with Crippen molar-refractivity contribution in [2.45, 2.75) is 247 Å². The Labute approximate surface area is 844 Å². The molecule has 0 spiro atoms. The number of nitrogens with two attached hydrogens (primary N) is 5. The molecule has 0 bridgehead atoms. The fourth-order valence-corrected chi connectivity index (χ4v) is 15.8. The minimum atomic E-state index is -2.12. The maximum Gasteiger partial charge on any atom is 0.322 e. The summed E-state index contributed by atoms with van der Waals surface area (Å²) in [5.74, 6) is -24.5. The number of guanidine groups is 2. The summed E-state index contributed by atoms with van der Waals surface area (Å²) < 4.78 is 0. The lowest BCUT2D eigenvalue weighted by atomic mass is 9.97. The maximum atomic E-state index is 15.3. The van der Waals surface area contributed by atoms with Gasteiger partial charge >= 0.3 is 11.9 Å². The van der Waals surface area contributed by atoms with Crippen LogP contribution in [0.25, 0.3) is 21.8 Å². The van der Waals surface area contributed by atoms with E-state index in [-0.39, 0.29) is 69.5 Å². The Bertz CT molecular complexity index is 5390. The second-order valence-electron chi connectivity index (χ2n) is 36.0. The molecule has 1 fully saturated rings. The monoisotopic (exact) mass is 2070 g/mol. The van der Waals surface area contributed by atoms with E-state index in [0.29, 0.717) is 65.2 Å². The van der Waals surface area contributed by atoms with E-state index >= 15 is 14.4 Å². The molecule has 1 saturated heterocycles. The number of aromatic hydroxyl groups is 1. The zero-order chi connectivity index (χ0) is 109. The van der Waals surface area contributed by atoms with E-state index in [0.717, 1.165) is 6.92 Å². The van der Waals surface area contributed by atoms with Crippen molar-refractivity contribution in [2.75, 3.05) is 59.2 Å². The molecule has 54 heteroatoms. The lowest BCUT2D eigenvalue weighted by Gasteiger charge is -2.29. The predicted octanol–water partition coefficient (Wildman–Crippen LogP) is -9.47. The number of phenols is 1. The minimum absolute atomic E-state index is 0.0556. The summed E-state index contributed by atoms with van der Waals surface area (Å²) in [6.45, 7) is 2.17. The number of para-hydroxylation sites is 2. The van der Waals surface area contributed by atoms with E-state index in [1.165, 1.54) is 41.6 Å². The number of aliphatic carboxylic acids is 2. The number of likely N-dealkylation sites (tertiary alicyclic amines) is 1. The Morgan fingerprint density at radius 3 is 1.26 bits per heavy atom. The van der Waals surface area contributed by atoms with Crippen LogP contribution in [0.2, 0.25) is 0 Å². The van der Waals surface area contributed by atoms with Gasteiger partial charge in [0, 0.05) is 79.5 Å². The molecule has 1 aliphatic heterocycles. The number of rotatable bonds is 64. The Morgan fingerprint density at radius 1 is 0.442 bits per heavy atom. The highest BCUT2D eigenvalue weighted by Crippen LogP contribution is 2.25. The predicted molar refractivity (Wildman–Crippen MR) is 527 cm³/mol. The normalized spacial score (nSPS) is 15.7. The van der Waals surface area contributed by atoms with Crippen LogP contribution in [-0.4, -0.2) is 342 Å². The van der Waals surface area contributed by atoms with Gasteiger partial charge in [0.15, 0.2) is 11.9 Å². The van der Waals surface area contributed by atoms with Gasteiger partial charge in [0.25, 0.3) is 0 Å². The van der Waals surface area contributed by atoms with E-state index < -0.39 is 317 Å². The number of aromatic amines is 2. The fraction of sp³-hybridized carbons (Fsp3) is 0.538. The molecule has 5 aromatic rings. The van der Waals surface area contributed by atoms with Crippen molar-refractivity contribution in [2.24, 2.45) is 40.5 Å². The number of aliphatic hydroxyl groups is 5. The van der Waals surface area contributed by atoms with Crippen molar-refractivity contribution >= 4 is 146 Å². The molecule has 54 nitrogen and oxygen atoms in total. The molecule has 0 aliphatic carbocycles. The zero-order valence-electron chi connectivity index (χ0n) is 82.1. The van der Waals surface area contributed by atoms with Crippen LogP contribution in [0, 0.1) is 22.7 Å². The minimum Gasteiger partial charge on any atom is -0.508 e. The molecule has 2 aromatic heterocycles. The van der Waals surface area contributed by atoms with Gasteiger partial charge in [-0.05, 0) is 130 Å². The van der Waals surface area contributed by atoms with Gasteiger partial charge < -0.3 is 175 Å². The first kappa shape index (κ1) is 120. The lowest BCUT2D eigenvalue weighted by molar-refractivity contribution is -0.143. The average molecular weight is 2070 g/mol. The zero-order valence-corrected chi connectivity index (χ0v) is 82.1. The third-order valence-electron chi connectivity index (χ3n) is 24.0. The molecule has 3 aromatic carbocycles. The molecule has 0 unspecified atom stereocenters. The number of nitrogens with zero attached hydrogens (tertiary/aromatic N) is 1. The van der Waals surface area contributed by atoms with Crippen LogP contribution < -0.4 is 119 Å². The van der Waals surface area contributed by atoms with Gasteiger partial charge in [-0.2, -0.15) is 0 Å². The summed E-state index contributed by atoms with van der Waals surface area (Å²) in [7, 11) is 0. The van der Waals surface area contributed by atoms with Crippen LogP contribution in [0.15, 0.2) is 85.2 Å². The summed E-state index contributed by atoms with van der Waals surface area (Å²) in [6.07, 6.45) is -1.72. The quantitative estimate of drug-likeness (QED) is 0.00976. The Hall–Kier alpha value is -15.3. The number of carbonyl (C=O) groups excluding carboxylic acids is 17. The number of primary amides is 1. The highest BCUT2D eigenvalue weighted by atomic mass is 16.4. The lowest BCUT2D eigenvalue weighted by Crippen LogP contribution is -2.63. The number of unbranched alkanes of at least 4 members (excludes halogenated alkanes) is 1.